The van der Waals surface area contributed by atoms with E-state index in [-0.39, 0.29) is 18.4 Å². The molecule has 1 aromatic heterocycles. The van der Waals surface area contributed by atoms with Crippen LogP contribution >= 0.6 is 11.8 Å². The fourth-order valence-electron chi connectivity index (χ4n) is 2.94. The standard InChI is InChI=1S/C23H17FN2O2S/c24-18-12-10-16(11-13-18)21-19-8-4-5-9-20(19)22(26-25-21)29-15-14-28-23(27)17-6-2-1-3-7-17/h1-13H,14-15H2. The molecule has 0 atom stereocenters. The van der Waals surface area contributed by atoms with Crippen molar-refractivity contribution in [2.75, 3.05) is 12.4 Å². The summed E-state index contributed by atoms with van der Waals surface area (Å²) >= 11 is 1.48. The Bertz CT molecular complexity index is 1130. The van der Waals surface area contributed by atoms with E-state index in [9.17, 15) is 9.18 Å². The van der Waals surface area contributed by atoms with Gasteiger partial charge in [0.25, 0.3) is 0 Å². The molecule has 0 aliphatic carbocycles. The molecule has 1 heterocycles. The average molecular weight is 404 g/mol. The predicted molar refractivity (Wildman–Crippen MR) is 112 cm³/mol. The van der Waals surface area contributed by atoms with Gasteiger partial charge < -0.3 is 4.74 Å². The highest BCUT2D eigenvalue weighted by molar-refractivity contribution is 7.99. The molecular weight excluding hydrogens is 387 g/mol. The van der Waals surface area contributed by atoms with Crippen LogP contribution in [0.1, 0.15) is 10.4 Å². The van der Waals surface area contributed by atoms with Crippen molar-refractivity contribution in [2.45, 2.75) is 5.03 Å². The summed E-state index contributed by atoms with van der Waals surface area (Å²) in [5, 5.41) is 11.4. The lowest BCUT2D eigenvalue weighted by molar-refractivity contribution is 0.0530. The number of hydrogen-bond donors (Lipinski definition) is 0. The van der Waals surface area contributed by atoms with Crippen LogP contribution in [0.3, 0.4) is 0 Å². The highest BCUT2D eigenvalue weighted by Crippen LogP contribution is 2.31. The second kappa shape index (κ2) is 8.84. The number of rotatable bonds is 6. The Kier molecular flexibility index (Phi) is 5.81. The van der Waals surface area contributed by atoms with E-state index in [4.69, 9.17) is 4.74 Å². The van der Waals surface area contributed by atoms with Gasteiger partial charge in [-0.2, -0.15) is 0 Å². The quantitative estimate of drug-likeness (QED) is 0.245. The minimum absolute atomic E-state index is 0.272. The summed E-state index contributed by atoms with van der Waals surface area (Å²) in [5.74, 6) is -0.0651. The van der Waals surface area contributed by atoms with E-state index in [2.05, 4.69) is 10.2 Å². The molecule has 0 radical (unpaired) electrons. The Morgan fingerprint density at radius 1 is 0.862 bits per heavy atom. The monoisotopic (exact) mass is 404 g/mol. The summed E-state index contributed by atoms with van der Waals surface area (Å²) in [6.07, 6.45) is 0. The second-order valence-electron chi connectivity index (χ2n) is 6.26. The van der Waals surface area contributed by atoms with Gasteiger partial charge in [0.05, 0.1) is 5.56 Å². The number of ether oxygens (including phenoxy) is 1. The lowest BCUT2D eigenvalue weighted by atomic mass is 10.1. The number of halogens is 1. The lowest BCUT2D eigenvalue weighted by Crippen LogP contribution is -2.07. The van der Waals surface area contributed by atoms with Gasteiger partial charge in [0.2, 0.25) is 0 Å². The van der Waals surface area contributed by atoms with Gasteiger partial charge in [-0.1, -0.05) is 42.5 Å². The van der Waals surface area contributed by atoms with Crippen LogP contribution in [0.25, 0.3) is 22.0 Å². The lowest BCUT2D eigenvalue weighted by Gasteiger charge is -2.09. The van der Waals surface area contributed by atoms with Gasteiger partial charge in [0.1, 0.15) is 23.1 Å². The fourth-order valence-corrected chi connectivity index (χ4v) is 3.73. The molecule has 0 unspecified atom stereocenters. The zero-order chi connectivity index (χ0) is 20.1. The molecule has 4 rings (SSSR count). The first kappa shape index (κ1) is 19.1. The van der Waals surface area contributed by atoms with E-state index in [1.165, 1.54) is 23.9 Å². The molecule has 144 valence electrons. The van der Waals surface area contributed by atoms with Crippen molar-refractivity contribution in [2.24, 2.45) is 0 Å². The van der Waals surface area contributed by atoms with E-state index in [0.717, 1.165) is 21.4 Å². The molecule has 0 amide bonds. The van der Waals surface area contributed by atoms with Crippen LogP contribution in [-0.4, -0.2) is 28.5 Å². The van der Waals surface area contributed by atoms with Crippen LogP contribution in [0.4, 0.5) is 4.39 Å². The number of aromatic nitrogens is 2. The Balaban J connectivity index is 1.48. The number of benzene rings is 3. The minimum atomic E-state index is -0.339. The molecule has 6 heteroatoms. The third kappa shape index (κ3) is 4.43. The zero-order valence-electron chi connectivity index (χ0n) is 15.4. The Hall–Kier alpha value is -3.25. The normalized spacial score (nSPS) is 10.8. The first-order chi connectivity index (χ1) is 14.2. The molecule has 0 spiro atoms. The van der Waals surface area contributed by atoms with Gasteiger partial charge in [-0.15, -0.1) is 22.0 Å². The van der Waals surface area contributed by atoms with Crippen molar-refractivity contribution >= 4 is 28.5 Å². The third-order valence-electron chi connectivity index (χ3n) is 4.34. The highest BCUT2D eigenvalue weighted by Gasteiger charge is 2.12. The molecule has 29 heavy (non-hydrogen) atoms. The molecule has 0 aliphatic heterocycles. The molecule has 0 saturated heterocycles. The molecular formula is C23H17FN2O2S. The second-order valence-corrected chi connectivity index (χ2v) is 7.34. The van der Waals surface area contributed by atoms with Crippen LogP contribution in [0.5, 0.6) is 0 Å². The van der Waals surface area contributed by atoms with Crippen molar-refractivity contribution < 1.29 is 13.9 Å². The molecule has 0 bridgehead atoms. The van der Waals surface area contributed by atoms with Crippen LogP contribution < -0.4 is 0 Å². The maximum absolute atomic E-state index is 13.2. The van der Waals surface area contributed by atoms with Crippen molar-refractivity contribution in [1.82, 2.24) is 10.2 Å². The zero-order valence-corrected chi connectivity index (χ0v) is 16.2. The van der Waals surface area contributed by atoms with Gasteiger partial charge in [0, 0.05) is 22.1 Å². The van der Waals surface area contributed by atoms with Gasteiger partial charge >= 0.3 is 5.97 Å². The minimum Gasteiger partial charge on any atom is -0.461 e. The number of fused-ring (bicyclic) bond motifs is 1. The summed E-state index contributed by atoms with van der Waals surface area (Å²) < 4.78 is 18.6. The SMILES string of the molecule is O=C(OCCSc1nnc(-c2ccc(F)cc2)c2ccccc12)c1ccccc1. The molecule has 4 nitrogen and oxygen atoms in total. The molecule has 4 aromatic rings. The van der Waals surface area contributed by atoms with Crippen LogP contribution in [0.2, 0.25) is 0 Å². The number of nitrogens with zero attached hydrogens (tertiary/aromatic N) is 2. The smallest absolute Gasteiger partial charge is 0.338 e. The molecule has 0 fully saturated rings. The van der Waals surface area contributed by atoms with Gasteiger partial charge in [0.15, 0.2) is 0 Å². The average Bonchev–Trinajstić information content (AvgIpc) is 2.78. The summed E-state index contributed by atoms with van der Waals surface area (Å²) in [6.45, 7) is 0.272. The largest absolute Gasteiger partial charge is 0.461 e. The number of carbonyl (C=O) groups excluding carboxylic acids is 1. The summed E-state index contributed by atoms with van der Waals surface area (Å²) in [4.78, 5) is 12.0. The van der Waals surface area contributed by atoms with Crippen LogP contribution in [-0.2, 0) is 4.74 Å². The highest BCUT2D eigenvalue weighted by atomic mass is 32.2. The fraction of sp³-hybridized carbons (Fsp3) is 0.0870. The third-order valence-corrected chi connectivity index (χ3v) is 5.28. The van der Waals surface area contributed by atoms with Crippen molar-refractivity contribution in [3.8, 4) is 11.3 Å². The van der Waals surface area contributed by atoms with Crippen LogP contribution in [0.15, 0.2) is 83.9 Å². The van der Waals surface area contributed by atoms with Crippen molar-refractivity contribution in [3.05, 3.63) is 90.2 Å². The molecule has 0 saturated carbocycles. The maximum Gasteiger partial charge on any atom is 0.338 e. The Labute approximate surface area is 171 Å². The number of thioether (sulfide) groups is 1. The predicted octanol–water partition coefficient (Wildman–Crippen LogP) is 5.39. The van der Waals surface area contributed by atoms with Crippen molar-refractivity contribution in [1.29, 1.82) is 0 Å². The number of hydrogen-bond acceptors (Lipinski definition) is 5. The molecule has 3 aromatic carbocycles. The number of esters is 1. The topological polar surface area (TPSA) is 52.1 Å². The van der Waals surface area contributed by atoms with Gasteiger partial charge in [-0.3, -0.25) is 0 Å². The molecule has 0 aliphatic rings. The first-order valence-electron chi connectivity index (χ1n) is 9.09. The van der Waals surface area contributed by atoms with Crippen LogP contribution in [0, 0.1) is 5.82 Å². The van der Waals surface area contributed by atoms with E-state index < -0.39 is 0 Å². The summed E-state index contributed by atoms with van der Waals surface area (Å²) in [5.41, 5.74) is 2.05. The Morgan fingerprint density at radius 3 is 2.31 bits per heavy atom. The maximum atomic E-state index is 13.2. The summed E-state index contributed by atoms with van der Waals surface area (Å²) in [7, 11) is 0. The van der Waals surface area contributed by atoms with E-state index in [1.54, 1.807) is 36.4 Å². The molecule has 0 N–H and O–H groups in total. The Morgan fingerprint density at radius 2 is 1.55 bits per heavy atom. The van der Waals surface area contributed by atoms with Crippen molar-refractivity contribution in [3.63, 3.8) is 0 Å². The van der Waals surface area contributed by atoms with Gasteiger partial charge in [-0.25, -0.2) is 9.18 Å². The van der Waals surface area contributed by atoms with Gasteiger partial charge in [-0.05, 0) is 36.4 Å². The summed E-state index contributed by atoms with van der Waals surface area (Å²) in [6, 6.07) is 23.0. The number of carbonyl (C=O) groups is 1. The van der Waals surface area contributed by atoms with E-state index >= 15 is 0 Å². The first-order valence-corrected chi connectivity index (χ1v) is 10.1. The van der Waals surface area contributed by atoms with E-state index in [1.807, 2.05) is 30.3 Å². The van der Waals surface area contributed by atoms with E-state index in [0.29, 0.717) is 17.0 Å².